The van der Waals surface area contributed by atoms with E-state index in [1.165, 1.54) is 13.2 Å². The van der Waals surface area contributed by atoms with Crippen LogP contribution in [0.1, 0.15) is 37.0 Å². The van der Waals surface area contributed by atoms with Gasteiger partial charge in [0.05, 0.1) is 30.1 Å². The lowest BCUT2D eigenvalue weighted by Crippen LogP contribution is -2.33. The summed E-state index contributed by atoms with van der Waals surface area (Å²) in [6, 6.07) is 4.70. The lowest BCUT2D eigenvalue weighted by Gasteiger charge is -2.19. The van der Waals surface area contributed by atoms with E-state index in [1.807, 2.05) is 0 Å². The van der Waals surface area contributed by atoms with Gasteiger partial charge in [0.25, 0.3) is 5.56 Å². The highest BCUT2D eigenvalue weighted by Gasteiger charge is 2.17. The Kier molecular flexibility index (Phi) is 4.87. The van der Waals surface area contributed by atoms with Crippen LogP contribution in [0.3, 0.4) is 0 Å². The summed E-state index contributed by atoms with van der Waals surface area (Å²) in [6.45, 7) is 5.23. The fraction of sp³-hybridized carbons (Fsp3) is 0.375. The Bertz CT molecular complexity index is 836. The number of amides is 1. The Morgan fingerprint density at radius 1 is 1.29 bits per heavy atom. The number of nitrogens with zero attached hydrogens (tertiary/aromatic N) is 1. The van der Waals surface area contributed by atoms with E-state index in [4.69, 9.17) is 4.74 Å². The molecule has 128 valence electrons. The smallest absolute Gasteiger partial charge is 0.408 e. The fourth-order valence-corrected chi connectivity index (χ4v) is 2.07. The molecule has 0 spiro atoms. The van der Waals surface area contributed by atoms with Crippen LogP contribution in [0.4, 0.5) is 4.79 Å². The first-order valence-electron chi connectivity index (χ1n) is 7.28. The summed E-state index contributed by atoms with van der Waals surface area (Å²) in [5.74, 6) is -0.368. The van der Waals surface area contributed by atoms with Gasteiger partial charge >= 0.3 is 12.1 Å². The minimum absolute atomic E-state index is 0.0114. The van der Waals surface area contributed by atoms with Crippen molar-refractivity contribution in [2.24, 2.45) is 0 Å². The highest BCUT2D eigenvalue weighted by atomic mass is 16.6. The van der Waals surface area contributed by atoms with Gasteiger partial charge in [0.15, 0.2) is 0 Å². The zero-order chi connectivity index (χ0) is 17.9. The number of benzene rings is 1. The molecule has 0 aliphatic carbocycles. The number of fused-ring (bicyclic) bond motifs is 1. The predicted molar refractivity (Wildman–Crippen MR) is 86.8 cm³/mol. The molecule has 2 rings (SSSR count). The molecular weight excluding hydrogens is 314 g/mol. The molecular formula is C16H19N3O5. The number of carbonyl (C=O) groups excluding carboxylic acids is 2. The highest BCUT2D eigenvalue weighted by molar-refractivity contribution is 6.02. The van der Waals surface area contributed by atoms with Crippen molar-refractivity contribution in [2.45, 2.75) is 32.9 Å². The van der Waals surface area contributed by atoms with Gasteiger partial charge in [0, 0.05) is 0 Å². The molecule has 0 aliphatic rings. The number of hydrogen-bond donors (Lipinski definition) is 2. The number of carbonyl (C=O) groups is 2. The van der Waals surface area contributed by atoms with Crippen LogP contribution in [0.5, 0.6) is 0 Å². The van der Waals surface area contributed by atoms with Crippen molar-refractivity contribution >= 4 is 23.0 Å². The molecule has 0 saturated carbocycles. The van der Waals surface area contributed by atoms with Gasteiger partial charge in [-0.25, -0.2) is 14.6 Å². The van der Waals surface area contributed by atoms with Crippen LogP contribution in [-0.4, -0.2) is 34.7 Å². The van der Waals surface area contributed by atoms with E-state index in [9.17, 15) is 14.4 Å². The van der Waals surface area contributed by atoms with Crippen LogP contribution in [-0.2, 0) is 16.0 Å². The van der Waals surface area contributed by atoms with Crippen LogP contribution in [0.15, 0.2) is 23.0 Å². The van der Waals surface area contributed by atoms with E-state index in [0.717, 1.165) is 0 Å². The standard InChI is InChI=1S/C16H19N3O5/c1-16(2,3)24-15(22)17-8-11-18-10-7-5-6-9(14(21)23-4)12(10)13(20)19-11/h5-7H,8H2,1-4H3,(H,17,22)(H,18,19,20). The SMILES string of the molecule is COC(=O)c1cccc2nc(CNC(=O)OC(C)(C)C)[nH]c(=O)c12. The molecule has 2 N–H and O–H groups in total. The molecule has 0 unspecified atom stereocenters. The Balaban J connectivity index is 2.27. The maximum absolute atomic E-state index is 12.3. The number of aromatic amines is 1. The molecule has 1 aromatic carbocycles. The average Bonchev–Trinajstić information content (AvgIpc) is 2.50. The summed E-state index contributed by atoms with van der Waals surface area (Å²) in [5, 5.41) is 2.65. The van der Waals surface area contributed by atoms with Gasteiger partial charge < -0.3 is 19.8 Å². The molecule has 0 saturated heterocycles. The summed E-state index contributed by atoms with van der Waals surface area (Å²) in [4.78, 5) is 42.4. The number of hydrogen-bond acceptors (Lipinski definition) is 6. The largest absolute Gasteiger partial charge is 0.465 e. The van der Waals surface area contributed by atoms with Gasteiger partial charge in [-0.2, -0.15) is 0 Å². The average molecular weight is 333 g/mol. The lowest BCUT2D eigenvalue weighted by molar-refractivity contribution is 0.0521. The molecule has 1 aromatic heterocycles. The summed E-state index contributed by atoms with van der Waals surface area (Å²) in [6.07, 6.45) is -0.617. The van der Waals surface area contributed by atoms with E-state index < -0.39 is 23.2 Å². The minimum atomic E-state index is -0.621. The number of esters is 1. The zero-order valence-electron chi connectivity index (χ0n) is 13.9. The number of ether oxygens (including phenoxy) is 2. The number of nitrogens with one attached hydrogen (secondary N) is 2. The molecule has 1 amide bonds. The van der Waals surface area contributed by atoms with E-state index >= 15 is 0 Å². The van der Waals surface area contributed by atoms with Gasteiger partial charge in [-0.1, -0.05) is 6.07 Å². The number of aromatic nitrogens is 2. The van der Waals surface area contributed by atoms with Crippen LogP contribution in [0, 0.1) is 0 Å². The molecule has 0 fully saturated rings. The second-order valence-electron chi connectivity index (χ2n) is 6.06. The number of methoxy groups -OCH3 is 1. The van der Waals surface area contributed by atoms with Gasteiger partial charge in [0.2, 0.25) is 0 Å². The Labute approximate surface area is 138 Å². The third kappa shape index (κ3) is 4.09. The molecule has 2 aromatic rings. The fourth-order valence-electron chi connectivity index (χ4n) is 2.07. The van der Waals surface area contributed by atoms with E-state index in [2.05, 4.69) is 20.0 Å². The van der Waals surface area contributed by atoms with Crippen LogP contribution < -0.4 is 10.9 Å². The minimum Gasteiger partial charge on any atom is -0.465 e. The van der Waals surface area contributed by atoms with Crippen molar-refractivity contribution in [3.05, 3.63) is 39.9 Å². The maximum Gasteiger partial charge on any atom is 0.408 e. The second-order valence-corrected chi connectivity index (χ2v) is 6.06. The Morgan fingerprint density at radius 2 is 2.00 bits per heavy atom. The van der Waals surface area contributed by atoms with Crippen LogP contribution >= 0.6 is 0 Å². The van der Waals surface area contributed by atoms with E-state index in [-0.39, 0.29) is 23.3 Å². The van der Waals surface area contributed by atoms with Gasteiger partial charge in [-0.05, 0) is 32.9 Å². The summed E-state index contributed by atoms with van der Waals surface area (Å²) >= 11 is 0. The van der Waals surface area contributed by atoms with Crippen molar-refractivity contribution in [2.75, 3.05) is 7.11 Å². The second kappa shape index (κ2) is 6.69. The third-order valence-corrected chi connectivity index (χ3v) is 2.99. The first kappa shape index (κ1) is 17.5. The molecule has 0 aliphatic heterocycles. The highest BCUT2D eigenvalue weighted by Crippen LogP contribution is 2.14. The third-order valence-electron chi connectivity index (χ3n) is 2.99. The van der Waals surface area contributed by atoms with Gasteiger partial charge in [-0.3, -0.25) is 4.79 Å². The molecule has 8 nitrogen and oxygen atoms in total. The molecule has 0 radical (unpaired) electrons. The molecule has 1 heterocycles. The van der Waals surface area contributed by atoms with Crippen molar-refractivity contribution in [1.29, 1.82) is 0 Å². The van der Waals surface area contributed by atoms with Crippen molar-refractivity contribution in [1.82, 2.24) is 15.3 Å². The number of H-pyrrole nitrogens is 1. The van der Waals surface area contributed by atoms with Crippen molar-refractivity contribution in [3.8, 4) is 0 Å². The molecule has 0 bridgehead atoms. The monoisotopic (exact) mass is 333 g/mol. The number of alkyl carbamates (subject to hydrolysis) is 1. The van der Waals surface area contributed by atoms with Crippen molar-refractivity contribution < 1.29 is 19.1 Å². The summed E-state index contributed by atoms with van der Waals surface area (Å²) in [5.41, 5.74) is -0.635. The molecule has 8 heteroatoms. The molecule has 0 atom stereocenters. The summed E-state index contributed by atoms with van der Waals surface area (Å²) < 4.78 is 9.77. The topological polar surface area (TPSA) is 110 Å². The Morgan fingerprint density at radius 3 is 2.62 bits per heavy atom. The van der Waals surface area contributed by atoms with Gasteiger partial charge in [-0.15, -0.1) is 0 Å². The van der Waals surface area contributed by atoms with Crippen LogP contribution in [0.2, 0.25) is 0 Å². The van der Waals surface area contributed by atoms with E-state index in [0.29, 0.717) is 5.52 Å². The summed E-state index contributed by atoms with van der Waals surface area (Å²) in [7, 11) is 1.24. The van der Waals surface area contributed by atoms with E-state index in [1.54, 1.807) is 32.9 Å². The maximum atomic E-state index is 12.3. The Hall–Kier alpha value is -2.90. The number of rotatable bonds is 3. The zero-order valence-corrected chi connectivity index (χ0v) is 13.9. The normalized spacial score (nSPS) is 11.2. The predicted octanol–water partition coefficient (Wildman–Crippen LogP) is 1.73. The quantitative estimate of drug-likeness (QED) is 0.828. The van der Waals surface area contributed by atoms with Crippen LogP contribution in [0.25, 0.3) is 10.9 Å². The first-order valence-corrected chi connectivity index (χ1v) is 7.28. The van der Waals surface area contributed by atoms with Crippen molar-refractivity contribution in [3.63, 3.8) is 0 Å². The lowest BCUT2D eigenvalue weighted by atomic mass is 10.1. The first-order chi connectivity index (χ1) is 11.2. The molecule has 24 heavy (non-hydrogen) atoms. The van der Waals surface area contributed by atoms with Gasteiger partial charge in [0.1, 0.15) is 11.4 Å².